The molecule has 3 aromatic heterocycles. The zero-order chi connectivity index (χ0) is 20.0. The van der Waals surface area contributed by atoms with Crippen molar-refractivity contribution in [3.63, 3.8) is 0 Å². The van der Waals surface area contributed by atoms with Crippen molar-refractivity contribution in [3.8, 4) is 0 Å². The first kappa shape index (κ1) is 18.6. The van der Waals surface area contributed by atoms with Crippen LogP contribution in [0, 0.1) is 0 Å². The lowest BCUT2D eigenvalue weighted by Gasteiger charge is -2.18. The molecule has 9 heteroatoms. The van der Waals surface area contributed by atoms with Crippen LogP contribution in [0.4, 0.5) is 5.82 Å². The average molecular weight is 460 g/mol. The predicted molar refractivity (Wildman–Crippen MR) is 113 cm³/mol. The lowest BCUT2D eigenvalue weighted by atomic mass is 10.1. The molecule has 7 nitrogen and oxygen atoms in total. The molecule has 0 spiro atoms. The third-order valence-corrected chi connectivity index (χ3v) is 5.34. The first-order valence-electron chi connectivity index (χ1n) is 8.41. The van der Waals surface area contributed by atoms with E-state index in [1.54, 1.807) is 41.2 Å². The Morgan fingerprint density at radius 3 is 2.79 bits per heavy atom. The number of anilines is 1. The predicted octanol–water partition coefficient (Wildman–Crippen LogP) is 3.79. The van der Waals surface area contributed by atoms with Crippen LogP contribution in [0.2, 0.25) is 5.02 Å². The van der Waals surface area contributed by atoms with Gasteiger partial charge in [0.15, 0.2) is 0 Å². The second kappa shape index (κ2) is 7.03. The highest BCUT2D eigenvalue weighted by molar-refractivity contribution is 9.10. The van der Waals surface area contributed by atoms with Gasteiger partial charge in [0.2, 0.25) is 0 Å². The van der Waals surface area contributed by atoms with E-state index in [1.165, 1.54) is 0 Å². The van der Waals surface area contributed by atoms with Gasteiger partial charge >= 0.3 is 0 Å². The summed E-state index contributed by atoms with van der Waals surface area (Å²) in [5.41, 5.74) is 8.63. The zero-order valence-corrected chi connectivity index (χ0v) is 17.5. The molecule has 1 aromatic carbocycles. The van der Waals surface area contributed by atoms with Crippen LogP contribution in [0.3, 0.4) is 0 Å². The van der Waals surface area contributed by atoms with Crippen LogP contribution in [0.1, 0.15) is 16.1 Å². The third-order valence-electron chi connectivity index (χ3n) is 4.56. The Kier molecular flexibility index (Phi) is 4.68. The Bertz CT molecular complexity index is 1220. The summed E-state index contributed by atoms with van der Waals surface area (Å²) in [4.78, 5) is 23.3. The maximum Gasteiger partial charge on any atom is 0.255 e. The monoisotopic (exact) mass is 458 g/mol. The fourth-order valence-electron chi connectivity index (χ4n) is 3.16. The molecule has 2 N–H and O–H groups in total. The van der Waals surface area contributed by atoms with Crippen molar-refractivity contribution >= 4 is 61.1 Å². The third kappa shape index (κ3) is 3.18. The topological polar surface area (TPSA) is 89.9 Å². The molecule has 0 fully saturated rings. The maximum atomic E-state index is 13.0. The SMILES string of the molecule is CN(Cc1ccc(Br)cn1)C(=O)c1cc2c(cc1Cl)nc(N)c1cnn(C)c12. The van der Waals surface area contributed by atoms with Crippen molar-refractivity contribution < 1.29 is 4.79 Å². The summed E-state index contributed by atoms with van der Waals surface area (Å²) in [5, 5.41) is 6.09. The van der Waals surface area contributed by atoms with Crippen molar-refractivity contribution in [1.29, 1.82) is 0 Å². The van der Waals surface area contributed by atoms with Gasteiger partial charge in [0.05, 0.1) is 45.4 Å². The van der Waals surface area contributed by atoms with E-state index in [0.717, 1.165) is 26.5 Å². The average Bonchev–Trinajstić information content (AvgIpc) is 3.05. The first-order chi connectivity index (χ1) is 13.3. The molecule has 142 valence electrons. The Morgan fingerprint density at radius 1 is 1.29 bits per heavy atom. The van der Waals surface area contributed by atoms with Crippen molar-refractivity contribution in [2.75, 3.05) is 12.8 Å². The number of aryl methyl sites for hydroxylation is 1. The van der Waals surface area contributed by atoms with Crippen LogP contribution in [0.25, 0.3) is 21.8 Å². The van der Waals surface area contributed by atoms with Crippen LogP contribution >= 0.6 is 27.5 Å². The van der Waals surface area contributed by atoms with Gasteiger partial charge in [-0.05, 0) is 40.2 Å². The Hall–Kier alpha value is -2.71. The van der Waals surface area contributed by atoms with E-state index in [2.05, 4.69) is 31.0 Å². The molecule has 0 aliphatic rings. The maximum absolute atomic E-state index is 13.0. The van der Waals surface area contributed by atoms with Gasteiger partial charge in [-0.1, -0.05) is 11.6 Å². The molecular weight excluding hydrogens is 444 g/mol. The minimum absolute atomic E-state index is 0.205. The van der Waals surface area contributed by atoms with E-state index >= 15 is 0 Å². The normalized spacial score (nSPS) is 11.3. The van der Waals surface area contributed by atoms with E-state index < -0.39 is 0 Å². The molecule has 0 radical (unpaired) electrons. The number of pyridine rings is 2. The molecule has 0 aliphatic carbocycles. The van der Waals surface area contributed by atoms with Crippen LogP contribution in [-0.2, 0) is 13.6 Å². The quantitative estimate of drug-likeness (QED) is 0.503. The number of halogens is 2. The number of benzene rings is 1. The number of nitrogens with two attached hydrogens (primary N) is 1. The van der Waals surface area contributed by atoms with E-state index in [-0.39, 0.29) is 5.91 Å². The highest BCUT2D eigenvalue weighted by atomic mass is 79.9. The number of rotatable bonds is 3. The zero-order valence-electron chi connectivity index (χ0n) is 15.1. The van der Waals surface area contributed by atoms with Crippen molar-refractivity contribution in [2.24, 2.45) is 7.05 Å². The fourth-order valence-corrected chi connectivity index (χ4v) is 3.64. The fraction of sp³-hybridized carbons (Fsp3) is 0.158. The molecular formula is C19H16BrClN6O. The van der Waals surface area contributed by atoms with Crippen molar-refractivity contribution in [2.45, 2.75) is 6.54 Å². The van der Waals surface area contributed by atoms with Gasteiger partial charge in [-0.25, -0.2) is 4.98 Å². The number of nitrogen functional groups attached to an aromatic ring is 1. The van der Waals surface area contributed by atoms with E-state index in [9.17, 15) is 4.79 Å². The summed E-state index contributed by atoms with van der Waals surface area (Å²) in [6, 6.07) is 7.17. The number of hydrogen-bond donors (Lipinski definition) is 1. The Morgan fingerprint density at radius 2 is 2.07 bits per heavy atom. The largest absolute Gasteiger partial charge is 0.383 e. The molecule has 0 bridgehead atoms. The number of nitrogens with zero attached hydrogens (tertiary/aromatic N) is 5. The lowest BCUT2D eigenvalue weighted by molar-refractivity contribution is 0.0783. The Balaban J connectivity index is 1.77. The van der Waals surface area contributed by atoms with Gasteiger partial charge in [0, 0.05) is 30.2 Å². The summed E-state index contributed by atoms with van der Waals surface area (Å²) < 4.78 is 2.60. The van der Waals surface area contributed by atoms with Crippen LogP contribution in [0.5, 0.6) is 0 Å². The number of fused-ring (bicyclic) bond motifs is 3. The number of amides is 1. The summed E-state index contributed by atoms with van der Waals surface area (Å²) in [6.07, 6.45) is 3.37. The van der Waals surface area contributed by atoms with Crippen molar-refractivity contribution in [1.82, 2.24) is 24.6 Å². The molecule has 0 saturated heterocycles. The highest BCUT2D eigenvalue weighted by Crippen LogP contribution is 2.31. The minimum atomic E-state index is -0.205. The van der Waals surface area contributed by atoms with E-state index in [0.29, 0.717) is 28.5 Å². The molecule has 4 aromatic rings. The summed E-state index contributed by atoms with van der Waals surface area (Å²) in [7, 11) is 3.54. The number of carbonyl (C=O) groups excluding carboxylic acids is 1. The summed E-state index contributed by atoms with van der Waals surface area (Å²) in [6.45, 7) is 0.363. The second-order valence-electron chi connectivity index (χ2n) is 6.51. The Labute approximate surface area is 174 Å². The van der Waals surface area contributed by atoms with Crippen LogP contribution in [0.15, 0.2) is 41.1 Å². The van der Waals surface area contributed by atoms with Crippen molar-refractivity contribution in [3.05, 3.63) is 57.4 Å². The first-order valence-corrected chi connectivity index (χ1v) is 9.58. The van der Waals surface area contributed by atoms with Gasteiger partial charge in [-0.3, -0.25) is 14.5 Å². The molecule has 0 atom stereocenters. The van der Waals surface area contributed by atoms with E-state index in [4.69, 9.17) is 17.3 Å². The van der Waals surface area contributed by atoms with Gasteiger partial charge in [-0.15, -0.1) is 0 Å². The molecule has 3 heterocycles. The standard InChI is InChI=1S/C19H16BrClN6O/c1-26(9-11-4-3-10(20)7-23-11)19(28)12-5-13-16(6-15(12)21)25-18(22)14-8-24-27(2)17(13)14/h3-8H,9H2,1-2H3,(H2,22,25). The highest BCUT2D eigenvalue weighted by Gasteiger charge is 2.19. The van der Waals surface area contributed by atoms with Gasteiger partial charge in [-0.2, -0.15) is 5.10 Å². The van der Waals surface area contributed by atoms with Gasteiger partial charge < -0.3 is 10.6 Å². The minimum Gasteiger partial charge on any atom is -0.383 e. The van der Waals surface area contributed by atoms with Crippen LogP contribution in [-0.4, -0.2) is 37.6 Å². The summed E-state index contributed by atoms with van der Waals surface area (Å²) >= 11 is 9.77. The molecule has 0 saturated carbocycles. The second-order valence-corrected chi connectivity index (χ2v) is 7.83. The van der Waals surface area contributed by atoms with Crippen LogP contribution < -0.4 is 5.73 Å². The molecule has 0 aliphatic heterocycles. The molecule has 0 unspecified atom stereocenters. The summed E-state index contributed by atoms with van der Waals surface area (Å²) in [5.74, 6) is 0.174. The number of hydrogen-bond acceptors (Lipinski definition) is 5. The molecule has 1 amide bonds. The van der Waals surface area contributed by atoms with Gasteiger partial charge in [0.1, 0.15) is 5.82 Å². The lowest BCUT2D eigenvalue weighted by Crippen LogP contribution is -2.27. The number of carbonyl (C=O) groups is 1. The number of aromatic nitrogens is 4. The smallest absolute Gasteiger partial charge is 0.255 e. The molecule has 4 rings (SSSR count). The van der Waals surface area contributed by atoms with Gasteiger partial charge in [0.25, 0.3) is 5.91 Å². The molecule has 28 heavy (non-hydrogen) atoms. The van der Waals surface area contributed by atoms with E-state index in [1.807, 2.05) is 19.2 Å².